The number of likely N-dealkylation sites (tertiary alicyclic amines) is 1. The minimum absolute atomic E-state index is 0. The van der Waals surface area contributed by atoms with Crippen molar-refractivity contribution < 1.29 is 4.79 Å². The number of piperidine rings is 1. The number of nitrogens with two attached hydrogens (primary N) is 1. The first-order valence-corrected chi connectivity index (χ1v) is 6.59. The highest BCUT2D eigenvalue weighted by atomic mass is 35.5. The predicted molar refractivity (Wildman–Crippen MR) is 75.0 cm³/mol. The molecule has 0 aromatic rings. The highest BCUT2D eigenvalue weighted by Gasteiger charge is 2.23. The standard InChI is InChI=1S/C12H24N4O.ClH/c1-14-6-8-15(9-7-14)10-12(17)16-4-2-11(13)3-5-16;/h11H,2-10,13H2,1H3;1H. The third kappa shape index (κ3) is 4.39. The number of hydrogen-bond donors (Lipinski definition) is 1. The van der Waals surface area contributed by atoms with E-state index in [0.717, 1.165) is 52.1 Å². The van der Waals surface area contributed by atoms with Gasteiger partial charge in [0, 0.05) is 45.3 Å². The molecule has 106 valence electrons. The molecule has 2 fully saturated rings. The van der Waals surface area contributed by atoms with E-state index in [0.29, 0.717) is 12.6 Å². The molecule has 2 N–H and O–H groups in total. The lowest BCUT2D eigenvalue weighted by Crippen LogP contribution is -2.50. The maximum absolute atomic E-state index is 12.1. The van der Waals surface area contributed by atoms with Gasteiger partial charge in [-0.2, -0.15) is 0 Å². The Bertz CT molecular complexity index is 261. The summed E-state index contributed by atoms with van der Waals surface area (Å²) < 4.78 is 0. The van der Waals surface area contributed by atoms with Gasteiger partial charge in [0.05, 0.1) is 6.54 Å². The molecule has 0 aromatic carbocycles. The summed E-state index contributed by atoms with van der Waals surface area (Å²) in [7, 11) is 2.13. The van der Waals surface area contributed by atoms with Gasteiger partial charge in [0.15, 0.2) is 0 Å². The lowest BCUT2D eigenvalue weighted by molar-refractivity contribution is -0.133. The molecule has 0 saturated carbocycles. The number of hydrogen-bond acceptors (Lipinski definition) is 4. The SMILES string of the molecule is CN1CCN(CC(=O)N2CCC(N)CC2)CC1.Cl. The van der Waals surface area contributed by atoms with Crippen LogP contribution in [0.5, 0.6) is 0 Å². The molecule has 0 bridgehead atoms. The Morgan fingerprint density at radius 2 is 1.67 bits per heavy atom. The maximum atomic E-state index is 12.1. The average Bonchev–Trinajstić information content (AvgIpc) is 2.33. The molecule has 0 spiro atoms. The number of amides is 1. The highest BCUT2D eigenvalue weighted by molar-refractivity contribution is 5.85. The normalized spacial score (nSPS) is 23.8. The molecular weight excluding hydrogens is 252 g/mol. The van der Waals surface area contributed by atoms with Gasteiger partial charge in [0.1, 0.15) is 0 Å². The zero-order valence-corrected chi connectivity index (χ0v) is 12.0. The summed E-state index contributed by atoms with van der Waals surface area (Å²) in [5.74, 6) is 0.279. The van der Waals surface area contributed by atoms with Crippen molar-refractivity contribution in [2.45, 2.75) is 18.9 Å². The van der Waals surface area contributed by atoms with Crippen molar-refractivity contribution in [1.29, 1.82) is 0 Å². The fraction of sp³-hybridized carbons (Fsp3) is 0.917. The Labute approximate surface area is 116 Å². The fourth-order valence-corrected chi connectivity index (χ4v) is 2.45. The molecular formula is C12H25ClN4O. The van der Waals surface area contributed by atoms with E-state index in [1.165, 1.54) is 0 Å². The van der Waals surface area contributed by atoms with Crippen LogP contribution in [0.4, 0.5) is 0 Å². The second-order valence-corrected chi connectivity index (χ2v) is 5.30. The van der Waals surface area contributed by atoms with Gasteiger partial charge in [-0.05, 0) is 19.9 Å². The third-order valence-electron chi connectivity index (χ3n) is 3.85. The van der Waals surface area contributed by atoms with Crippen LogP contribution in [-0.4, -0.2) is 79.5 Å². The molecule has 18 heavy (non-hydrogen) atoms. The first-order valence-electron chi connectivity index (χ1n) is 6.59. The summed E-state index contributed by atoms with van der Waals surface area (Å²) in [5, 5.41) is 0. The summed E-state index contributed by atoms with van der Waals surface area (Å²) >= 11 is 0. The first kappa shape index (κ1) is 15.7. The lowest BCUT2D eigenvalue weighted by atomic mass is 10.1. The van der Waals surface area contributed by atoms with Crippen LogP contribution in [0.3, 0.4) is 0 Å². The van der Waals surface area contributed by atoms with Crippen LogP contribution in [0, 0.1) is 0 Å². The van der Waals surface area contributed by atoms with E-state index in [2.05, 4.69) is 16.8 Å². The molecule has 0 unspecified atom stereocenters. The summed E-state index contributed by atoms with van der Waals surface area (Å²) in [6.45, 7) is 6.42. The van der Waals surface area contributed by atoms with E-state index in [1.54, 1.807) is 0 Å². The van der Waals surface area contributed by atoms with Crippen molar-refractivity contribution in [2.75, 3.05) is 52.9 Å². The van der Waals surface area contributed by atoms with Gasteiger partial charge in [0.2, 0.25) is 5.91 Å². The van der Waals surface area contributed by atoms with Crippen LogP contribution in [0.2, 0.25) is 0 Å². The molecule has 0 radical (unpaired) electrons. The van der Waals surface area contributed by atoms with Gasteiger partial charge >= 0.3 is 0 Å². The minimum atomic E-state index is 0. The van der Waals surface area contributed by atoms with Gasteiger partial charge in [-0.1, -0.05) is 0 Å². The second kappa shape index (κ2) is 7.28. The fourth-order valence-electron chi connectivity index (χ4n) is 2.45. The maximum Gasteiger partial charge on any atom is 0.236 e. The van der Waals surface area contributed by atoms with Crippen molar-refractivity contribution in [1.82, 2.24) is 14.7 Å². The van der Waals surface area contributed by atoms with Crippen molar-refractivity contribution in [2.24, 2.45) is 5.73 Å². The van der Waals surface area contributed by atoms with E-state index in [9.17, 15) is 4.79 Å². The summed E-state index contributed by atoms with van der Waals surface area (Å²) in [5.41, 5.74) is 5.84. The van der Waals surface area contributed by atoms with Gasteiger partial charge < -0.3 is 15.5 Å². The minimum Gasteiger partial charge on any atom is -0.341 e. The summed E-state index contributed by atoms with van der Waals surface area (Å²) in [6.07, 6.45) is 1.91. The molecule has 2 saturated heterocycles. The Balaban J connectivity index is 0.00000162. The van der Waals surface area contributed by atoms with Crippen LogP contribution in [-0.2, 0) is 4.79 Å². The Morgan fingerprint density at radius 1 is 1.11 bits per heavy atom. The number of carbonyl (C=O) groups excluding carboxylic acids is 1. The number of rotatable bonds is 2. The van der Waals surface area contributed by atoms with Crippen LogP contribution >= 0.6 is 12.4 Å². The predicted octanol–water partition coefficient (Wildman–Crippen LogP) is -0.395. The van der Waals surface area contributed by atoms with E-state index >= 15 is 0 Å². The molecule has 0 aromatic heterocycles. The van der Waals surface area contributed by atoms with Crippen LogP contribution in [0.25, 0.3) is 0 Å². The molecule has 2 rings (SSSR count). The van der Waals surface area contributed by atoms with Gasteiger partial charge in [-0.25, -0.2) is 0 Å². The molecule has 1 amide bonds. The average molecular weight is 277 g/mol. The molecule has 5 nitrogen and oxygen atoms in total. The van der Waals surface area contributed by atoms with Gasteiger partial charge in [0.25, 0.3) is 0 Å². The third-order valence-corrected chi connectivity index (χ3v) is 3.85. The smallest absolute Gasteiger partial charge is 0.236 e. The Kier molecular flexibility index (Phi) is 6.35. The first-order chi connectivity index (χ1) is 8.15. The number of nitrogens with zero attached hydrogens (tertiary/aromatic N) is 3. The van der Waals surface area contributed by atoms with Gasteiger partial charge in [-0.15, -0.1) is 12.4 Å². The number of piperazine rings is 1. The van der Waals surface area contributed by atoms with E-state index in [-0.39, 0.29) is 18.3 Å². The van der Waals surface area contributed by atoms with Crippen LogP contribution in [0.15, 0.2) is 0 Å². The lowest BCUT2D eigenvalue weighted by Gasteiger charge is -2.35. The molecule has 0 aliphatic carbocycles. The molecule has 2 aliphatic rings. The molecule has 2 heterocycles. The summed E-state index contributed by atoms with van der Waals surface area (Å²) in [4.78, 5) is 18.6. The van der Waals surface area contributed by atoms with E-state index in [4.69, 9.17) is 5.73 Å². The molecule has 0 atom stereocenters. The summed E-state index contributed by atoms with van der Waals surface area (Å²) in [6, 6.07) is 0.294. The molecule has 2 aliphatic heterocycles. The zero-order chi connectivity index (χ0) is 12.3. The quantitative estimate of drug-likeness (QED) is 0.746. The Morgan fingerprint density at radius 3 is 2.22 bits per heavy atom. The largest absolute Gasteiger partial charge is 0.341 e. The van der Waals surface area contributed by atoms with Crippen molar-refractivity contribution >= 4 is 18.3 Å². The van der Waals surface area contributed by atoms with Crippen molar-refractivity contribution in [3.05, 3.63) is 0 Å². The molecule has 6 heteroatoms. The number of carbonyl (C=O) groups is 1. The highest BCUT2D eigenvalue weighted by Crippen LogP contribution is 2.09. The number of likely N-dealkylation sites (N-methyl/N-ethyl adjacent to an activating group) is 1. The van der Waals surface area contributed by atoms with E-state index in [1.807, 2.05) is 4.90 Å². The van der Waals surface area contributed by atoms with Crippen molar-refractivity contribution in [3.63, 3.8) is 0 Å². The zero-order valence-electron chi connectivity index (χ0n) is 11.2. The number of halogens is 1. The van der Waals surface area contributed by atoms with Gasteiger partial charge in [-0.3, -0.25) is 9.69 Å². The van der Waals surface area contributed by atoms with Crippen LogP contribution < -0.4 is 5.73 Å². The van der Waals surface area contributed by atoms with E-state index < -0.39 is 0 Å². The van der Waals surface area contributed by atoms with Crippen LogP contribution in [0.1, 0.15) is 12.8 Å². The topological polar surface area (TPSA) is 52.8 Å². The second-order valence-electron chi connectivity index (χ2n) is 5.30. The van der Waals surface area contributed by atoms with Crippen molar-refractivity contribution in [3.8, 4) is 0 Å². The monoisotopic (exact) mass is 276 g/mol. The Hall–Kier alpha value is -0.360.